The maximum Gasteiger partial charge on any atom is 0.416 e. The van der Waals surface area contributed by atoms with E-state index >= 15 is 0 Å². The number of aromatic nitrogens is 4. The summed E-state index contributed by atoms with van der Waals surface area (Å²) >= 11 is 2.72. The molecule has 1 fully saturated rings. The molecule has 0 spiro atoms. The van der Waals surface area contributed by atoms with Crippen LogP contribution in [0.2, 0.25) is 0 Å². The Morgan fingerprint density at radius 3 is 2.56 bits per heavy atom. The molecule has 0 atom stereocenters. The molecule has 4 aromatic rings. The van der Waals surface area contributed by atoms with Crippen molar-refractivity contribution in [2.75, 3.05) is 13.1 Å². The zero-order valence-corrected chi connectivity index (χ0v) is 20.7. The van der Waals surface area contributed by atoms with Crippen LogP contribution in [0.3, 0.4) is 0 Å². The predicted molar refractivity (Wildman–Crippen MR) is 132 cm³/mol. The van der Waals surface area contributed by atoms with Crippen molar-refractivity contribution < 1.29 is 18.0 Å². The number of amides is 1. The Bertz CT molecular complexity index is 1350. The van der Waals surface area contributed by atoms with E-state index in [0.29, 0.717) is 34.5 Å². The molecule has 186 valence electrons. The Kier molecular flexibility index (Phi) is 7.10. The molecule has 11 heteroatoms. The van der Waals surface area contributed by atoms with E-state index in [-0.39, 0.29) is 5.91 Å². The Labute approximate surface area is 214 Å². The van der Waals surface area contributed by atoms with Crippen molar-refractivity contribution in [2.24, 2.45) is 0 Å². The van der Waals surface area contributed by atoms with Crippen molar-refractivity contribution in [2.45, 2.75) is 36.3 Å². The van der Waals surface area contributed by atoms with Crippen molar-refractivity contribution in [3.05, 3.63) is 87.6 Å². The summed E-state index contributed by atoms with van der Waals surface area (Å²) in [6.07, 6.45) is -2.03. The molecule has 1 saturated heterocycles. The third-order valence-electron chi connectivity index (χ3n) is 5.83. The summed E-state index contributed by atoms with van der Waals surface area (Å²) in [6, 6.07) is 14.7. The van der Waals surface area contributed by atoms with Crippen LogP contribution < -0.4 is 0 Å². The largest absolute Gasteiger partial charge is 0.416 e. The number of nitrogens with zero attached hydrogens (tertiary/aromatic N) is 5. The maximum absolute atomic E-state index is 13.4. The molecule has 0 aliphatic carbocycles. The number of thiazole rings is 1. The molecule has 0 N–H and O–H groups in total. The lowest BCUT2D eigenvalue weighted by Crippen LogP contribution is -2.27. The van der Waals surface area contributed by atoms with Gasteiger partial charge < -0.3 is 4.90 Å². The minimum absolute atomic E-state index is 0.0581. The van der Waals surface area contributed by atoms with Crippen LogP contribution in [0.1, 0.15) is 45.3 Å². The van der Waals surface area contributed by atoms with E-state index in [2.05, 4.69) is 15.2 Å². The molecule has 2 aromatic carbocycles. The van der Waals surface area contributed by atoms with Gasteiger partial charge in [0.05, 0.1) is 17.0 Å². The average Bonchev–Trinajstić information content (AvgIpc) is 3.64. The van der Waals surface area contributed by atoms with Crippen LogP contribution in [-0.4, -0.2) is 43.6 Å². The highest BCUT2D eigenvalue weighted by atomic mass is 32.2. The molecule has 3 heterocycles. The quantitative estimate of drug-likeness (QED) is 0.281. The van der Waals surface area contributed by atoms with E-state index in [0.717, 1.165) is 48.6 Å². The number of hydrogen-bond donors (Lipinski definition) is 0. The van der Waals surface area contributed by atoms with Gasteiger partial charge >= 0.3 is 6.18 Å². The van der Waals surface area contributed by atoms with E-state index in [9.17, 15) is 18.0 Å². The van der Waals surface area contributed by atoms with Gasteiger partial charge in [-0.2, -0.15) is 13.2 Å². The van der Waals surface area contributed by atoms with Gasteiger partial charge in [-0.25, -0.2) is 4.98 Å². The van der Waals surface area contributed by atoms with Crippen LogP contribution in [0, 0.1) is 0 Å². The second-order valence-electron chi connectivity index (χ2n) is 8.36. The maximum atomic E-state index is 13.4. The highest BCUT2D eigenvalue weighted by molar-refractivity contribution is 7.98. The summed E-state index contributed by atoms with van der Waals surface area (Å²) < 4.78 is 41.9. The van der Waals surface area contributed by atoms with Crippen molar-refractivity contribution in [3.8, 4) is 5.69 Å². The molecule has 1 amide bonds. The molecular weight excluding hydrogens is 507 g/mol. The lowest BCUT2D eigenvalue weighted by atomic mass is 10.1. The summed E-state index contributed by atoms with van der Waals surface area (Å²) in [4.78, 5) is 18.9. The first-order valence-corrected chi connectivity index (χ1v) is 13.3. The molecule has 0 saturated carbocycles. The standard InChI is InChI=1S/C25H22F3N5OS2/c26-25(27,28)18-9-6-10-19(14-18)33-21(13-17-7-2-1-3-8-17)30-31-24(33)36-16-22-29-20(15-35-22)23(34)32-11-4-5-12-32/h1-3,6-10,14-15H,4-5,11-13,16H2. The fourth-order valence-corrected chi connectivity index (χ4v) is 5.81. The molecule has 2 aromatic heterocycles. The summed E-state index contributed by atoms with van der Waals surface area (Å²) in [5.74, 6) is 0.893. The number of hydrogen-bond acceptors (Lipinski definition) is 6. The smallest absolute Gasteiger partial charge is 0.337 e. The number of halogens is 3. The van der Waals surface area contributed by atoms with Crippen molar-refractivity contribution in [1.82, 2.24) is 24.6 Å². The van der Waals surface area contributed by atoms with E-state index < -0.39 is 11.7 Å². The van der Waals surface area contributed by atoms with E-state index in [1.54, 1.807) is 16.0 Å². The van der Waals surface area contributed by atoms with Gasteiger partial charge in [-0.15, -0.1) is 21.5 Å². The van der Waals surface area contributed by atoms with Crippen LogP contribution in [0.5, 0.6) is 0 Å². The Hall–Kier alpha value is -3.18. The third-order valence-corrected chi connectivity index (χ3v) is 7.80. The minimum Gasteiger partial charge on any atom is -0.337 e. The highest BCUT2D eigenvalue weighted by Crippen LogP contribution is 2.33. The minimum atomic E-state index is -4.46. The van der Waals surface area contributed by atoms with Crippen LogP contribution in [-0.2, 0) is 18.3 Å². The number of carbonyl (C=O) groups is 1. The van der Waals surface area contributed by atoms with E-state index in [1.165, 1.54) is 29.2 Å². The van der Waals surface area contributed by atoms with Crippen LogP contribution in [0.4, 0.5) is 13.2 Å². The van der Waals surface area contributed by atoms with Crippen molar-refractivity contribution >= 4 is 29.0 Å². The molecule has 0 radical (unpaired) electrons. The first kappa shape index (κ1) is 24.5. The zero-order valence-electron chi connectivity index (χ0n) is 19.1. The summed E-state index contributed by atoms with van der Waals surface area (Å²) in [7, 11) is 0. The molecule has 0 unspecified atom stereocenters. The normalized spacial score (nSPS) is 13.9. The van der Waals surface area contributed by atoms with Gasteiger partial charge in [-0.05, 0) is 36.6 Å². The first-order chi connectivity index (χ1) is 17.4. The molecule has 1 aliphatic heterocycles. The SMILES string of the molecule is O=C(c1csc(CSc2nnc(Cc3ccccc3)n2-c2cccc(C(F)(F)F)c2)n1)N1CCCC1. The van der Waals surface area contributed by atoms with E-state index in [1.807, 2.05) is 35.2 Å². The first-order valence-electron chi connectivity index (χ1n) is 11.4. The fourth-order valence-electron chi connectivity index (χ4n) is 4.05. The van der Waals surface area contributed by atoms with Crippen LogP contribution >= 0.6 is 23.1 Å². The van der Waals surface area contributed by atoms with Crippen LogP contribution in [0.25, 0.3) is 5.69 Å². The van der Waals surface area contributed by atoms with Crippen molar-refractivity contribution in [3.63, 3.8) is 0 Å². The van der Waals surface area contributed by atoms with Gasteiger partial charge in [-0.3, -0.25) is 9.36 Å². The van der Waals surface area contributed by atoms with Gasteiger partial charge in [-0.1, -0.05) is 48.2 Å². The van der Waals surface area contributed by atoms with E-state index in [4.69, 9.17) is 0 Å². The number of rotatable bonds is 7. The molecule has 6 nitrogen and oxygen atoms in total. The monoisotopic (exact) mass is 529 g/mol. The molecule has 5 rings (SSSR count). The molecule has 0 bridgehead atoms. The highest BCUT2D eigenvalue weighted by Gasteiger charge is 2.31. The van der Waals surface area contributed by atoms with Gasteiger partial charge in [0.25, 0.3) is 5.91 Å². The van der Waals surface area contributed by atoms with Gasteiger partial charge in [0.15, 0.2) is 5.16 Å². The zero-order chi connectivity index (χ0) is 25.1. The second-order valence-corrected chi connectivity index (χ2v) is 10.2. The fraction of sp³-hybridized carbons (Fsp3) is 0.280. The molecule has 1 aliphatic rings. The Morgan fingerprint density at radius 1 is 1.03 bits per heavy atom. The Balaban J connectivity index is 1.41. The topological polar surface area (TPSA) is 63.9 Å². The van der Waals surface area contributed by atoms with Crippen LogP contribution in [0.15, 0.2) is 65.1 Å². The van der Waals surface area contributed by atoms with Gasteiger partial charge in [0.2, 0.25) is 0 Å². The average molecular weight is 530 g/mol. The lowest BCUT2D eigenvalue weighted by Gasteiger charge is -2.13. The number of alkyl halides is 3. The van der Waals surface area contributed by atoms with Gasteiger partial charge in [0, 0.05) is 24.9 Å². The summed E-state index contributed by atoms with van der Waals surface area (Å²) in [5, 5.41) is 11.6. The number of carbonyl (C=O) groups excluding carboxylic acids is 1. The van der Waals surface area contributed by atoms with Gasteiger partial charge in [0.1, 0.15) is 16.5 Å². The number of likely N-dealkylation sites (tertiary alicyclic amines) is 1. The predicted octanol–water partition coefficient (Wildman–Crippen LogP) is 5.86. The summed E-state index contributed by atoms with van der Waals surface area (Å²) in [5.41, 5.74) is 1.01. The van der Waals surface area contributed by atoms with Crippen molar-refractivity contribution in [1.29, 1.82) is 0 Å². The summed E-state index contributed by atoms with van der Waals surface area (Å²) in [6.45, 7) is 1.51. The number of thioether (sulfide) groups is 1. The molecular formula is C25H22F3N5OS2. The lowest BCUT2D eigenvalue weighted by molar-refractivity contribution is -0.137. The second kappa shape index (κ2) is 10.4. The number of benzene rings is 2. The third kappa shape index (κ3) is 5.46. The Morgan fingerprint density at radius 2 is 1.81 bits per heavy atom. The molecule has 36 heavy (non-hydrogen) atoms.